The van der Waals surface area contributed by atoms with E-state index in [4.69, 9.17) is 22.8 Å². The van der Waals surface area contributed by atoms with Gasteiger partial charge in [-0.15, -0.1) is 6.42 Å². The number of sulfonamides is 1. The third-order valence-electron chi connectivity index (χ3n) is 3.25. The van der Waals surface area contributed by atoms with E-state index in [2.05, 4.69) is 16.0 Å². The van der Waals surface area contributed by atoms with Gasteiger partial charge in [-0.3, -0.25) is 9.52 Å². The van der Waals surface area contributed by atoms with Crippen molar-refractivity contribution in [3.05, 3.63) is 53.1 Å². The Morgan fingerprint density at radius 1 is 1.23 bits per heavy atom. The molecule has 0 aromatic heterocycles. The number of amides is 1. The Balaban J connectivity index is 2.27. The van der Waals surface area contributed by atoms with Gasteiger partial charge in [-0.25, -0.2) is 8.42 Å². The molecular formula is C18H17ClN2O4S. The number of nitrogens with one attached hydrogen (secondary N) is 2. The van der Waals surface area contributed by atoms with E-state index < -0.39 is 15.9 Å². The number of terminal acetylenes is 1. The summed E-state index contributed by atoms with van der Waals surface area (Å²) in [6.07, 6.45) is 5.09. The lowest BCUT2D eigenvalue weighted by atomic mass is 10.2. The maximum atomic E-state index is 12.6. The monoisotopic (exact) mass is 392 g/mol. The van der Waals surface area contributed by atoms with E-state index in [0.29, 0.717) is 18.0 Å². The number of hydrogen-bond acceptors (Lipinski definition) is 4. The van der Waals surface area contributed by atoms with Gasteiger partial charge in [-0.05, 0) is 49.4 Å². The third kappa shape index (κ3) is 4.91. The lowest BCUT2D eigenvalue weighted by Crippen LogP contribution is -2.24. The lowest BCUT2D eigenvalue weighted by Gasteiger charge is -2.11. The molecule has 0 radical (unpaired) electrons. The van der Waals surface area contributed by atoms with Gasteiger partial charge in [0.05, 0.1) is 18.2 Å². The Hall–Kier alpha value is -2.69. The number of benzene rings is 2. The van der Waals surface area contributed by atoms with Crippen LogP contribution >= 0.6 is 11.6 Å². The highest BCUT2D eigenvalue weighted by Crippen LogP contribution is 2.26. The van der Waals surface area contributed by atoms with Crippen LogP contribution in [0.2, 0.25) is 5.02 Å². The molecule has 2 N–H and O–H groups in total. The molecule has 0 saturated carbocycles. The Kier molecular flexibility index (Phi) is 6.50. The van der Waals surface area contributed by atoms with Crippen LogP contribution in [0.5, 0.6) is 5.75 Å². The van der Waals surface area contributed by atoms with E-state index in [0.717, 1.165) is 0 Å². The van der Waals surface area contributed by atoms with Gasteiger partial charge >= 0.3 is 0 Å². The van der Waals surface area contributed by atoms with E-state index in [1.807, 2.05) is 6.92 Å². The normalized spacial score (nSPS) is 10.7. The number of ether oxygens (including phenoxy) is 1. The summed E-state index contributed by atoms with van der Waals surface area (Å²) in [7, 11) is -3.99. The highest BCUT2D eigenvalue weighted by atomic mass is 35.5. The molecule has 2 rings (SSSR count). The Labute approximate surface area is 157 Å². The standard InChI is InChI=1S/C18H17ClN2O4S/c1-3-11-20-18(22)13-5-10-16(19)17(12-13)26(23,24)21-14-6-8-15(9-7-14)25-4-2/h1,5-10,12,21H,4,11H2,2H3,(H,20,22). The first-order valence-electron chi connectivity index (χ1n) is 7.64. The lowest BCUT2D eigenvalue weighted by molar-refractivity contribution is 0.0958. The average molecular weight is 393 g/mol. The minimum atomic E-state index is -3.99. The van der Waals surface area contributed by atoms with Crippen molar-refractivity contribution in [2.24, 2.45) is 0 Å². The average Bonchev–Trinajstić information content (AvgIpc) is 2.61. The van der Waals surface area contributed by atoms with Crippen molar-refractivity contribution in [3.63, 3.8) is 0 Å². The van der Waals surface area contributed by atoms with Crippen LogP contribution in [-0.4, -0.2) is 27.5 Å². The fraction of sp³-hybridized carbons (Fsp3) is 0.167. The van der Waals surface area contributed by atoms with Crippen LogP contribution in [0, 0.1) is 12.3 Å². The zero-order valence-corrected chi connectivity index (χ0v) is 15.5. The van der Waals surface area contributed by atoms with Crippen LogP contribution in [0.15, 0.2) is 47.4 Å². The van der Waals surface area contributed by atoms with Crippen molar-refractivity contribution in [3.8, 4) is 18.1 Å². The summed E-state index contributed by atoms with van der Waals surface area (Å²) in [6, 6.07) is 10.4. The first-order valence-corrected chi connectivity index (χ1v) is 9.50. The fourth-order valence-electron chi connectivity index (χ4n) is 2.08. The SMILES string of the molecule is C#CCNC(=O)c1ccc(Cl)c(S(=O)(=O)Nc2ccc(OCC)cc2)c1. The quantitative estimate of drug-likeness (QED) is 0.709. The second-order valence-corrected chi connectivity index (χ2v) is 7.15. The summed E-state index contributed by atoms with van der Waals surface area (Å²) in [6.45, 7) is 2.40. The molecule has 26 heavy (non-hydrogen) atoms. The Morgan fingerprint density at radius 2 is 1.92 bits per heavy atom. The molecule has 0 fully saturated rings. The zero-order chi connectivity index (χ0) is 19.2. The molecule has 0 spiro atoms. The molecule has 0 unspecified atom stereocenters. The first kappa shape index (κ1) is 19.6. The molecule has 0 heterocycles. The van der Waals surface area contributed by atoms with Crippen molar-refractivity contribution in [1.29, 1.82) is 0 Å². The van der Waals surface area contributed by atoms with Crippen LogP contribution in [0.4, 0.5) is 5.69 Å². The van der Waals surface area contributed by atoms with Gasteiger partial charge in [-0.1, -0.05) is 17.5 Å². The molecule has 0 saturated heterocycles. The summed E-state index contributed by atoms with van der Waals surface area (Å²) in [5.41, 5.74) is 0.475. The molecule has 136 valence electrons. The van der Waals surface area contributed by atoms with Crippen molar-refractivity contribution < 1.29 is 17.9 Å². The molecule has 0 bridgehead atoms. The Morgan fingerprint density at radius 3 is 2.54 bits per heavy atom. The molecule has 0 aliphatic heterocycles. The highest BCUT2D eigenvalue weighted by molar-refractivity contribution is 7.92. The van der Waals surface area contributed by atoms with Crippen LogP contribution in [0.3, 0.4) is 0 Å². The minimum absolute atomic E-state index is 0.00284. The first-order chi connectivity index (χ1) is 12.4. The molecule has 6 nitrogen and oxygen atoms in total. The minimum Gasteiger partial charge on any atom is -0.494 e. The van der Waals surface area contributed by atoms with Gasteiger partial charge in [0, 0.05) is 11.3 Å². The summed E-state index contributed by atoms with van der Waals surface area (Å²) < 4.78 is 33.0. The molecule has 0 aliphatic carbocycles. The van der Waals surface area contributed by atoms with E-state index in [-0.39, 0.29) is 22.0 Å². The van der Waals surface area contributed by atoms with Gasteiger partial charge in [0.2, 0.25) is 0 Å². The summed E-state index contributed by atoms with van der Waals surface area (Å²) >= 11 is 6.02. The molecule has 1 amide bonds. The zero-order valence-electron chi connectivity index (χ0n) is 14.0. The largest absolute Gasteiger partial charge is 0.494 e. The number of carbonyl (C=O) groups is 1. The maximum absolute atomic E-state index is 12.6. The summed E-state index contributed by atoms with van der Waals surface area (Å²) in [5.74, 6) is 2.41. The van der Waals surface area contributed by atoms with Gasteiger partial charge < -0.3 is 10.1 Å². The smallest absolute Gasteiger partial charge is 0.263 e. The molecule has 0 atom stereocenters. The van der Waals surface area contributed by atoms with Crippen molar-refractivity contribution >= 4 is 33.2 Å². The Bertz CT molecular complexity index is 935. The number of hydrogen-bond donors (Lipinski definition) is 2. The number of carbonyl (C=O) groups excluding carboxylic acids is 1. The second-order valence-electron chi connectivity index (χ2n) is 5.09. The molecule has 2 aromatic rings. The number of anilines is 1. The van der Waals surface area contributed by atoms with E-state index in [1.165, 1.54) is 18.2 Å². The van der Waals surface area contributed by atoms with Gasteiger partial charge in [0.15, 0.2) is 0 Å². The topological polar surface area (TPSA) is 84.5 Å². The fourth-order valence-corrected chi connectivity index (χ4v) is 3.67. The van der Waals surface area contributed by atoms with E-state index in [1.54, 1.807) is 24.3 Å². The van der Waals surface area contributed by atoms with E-state index >= 15 is 0 Å². The van der Waals surface area contributed by atoms with Crippen molar-refractivity contribution in [2.75, 3.05) is 17.9 Å². The maximum Gasteiger partial charge on any atom is 0.263 e. The molecule has 0 aliphatic rings. The molecular weight excluding hydrogens is 376 g/mol. The second kappa shape index (κ2) is 8.61. The third-order valence-corrected chi connectivity index (χ3v) is 5.11. The predicted molar refractivity (Wildman–Crippen MR) is 101 cm³/mol. The highest BCUT2D eigenvalue weighted by Gasteiger charge is 2.20. The van der Waals surface area contributed by atoms with Crippen molar-refractivity contribution in [2.45, 2.75) is 11.8 Å². The molecule has 8 heteroatoms. The van der Waals surface area contributed by atoms with Crippen LogP contribution in [-0.2, 0) is 10.0 Å². The van der Waals surface area contributed by atoms with Gasteiger partial charge in [0.1, 0.15) is 10.6 Å². The van der Waals surface area contributed by atoms with E-state index in [9.17, 15) is 13.2 Å². The van der Waals surface area contributed by atoms with Crippen LogP contribution in [0.1, 0.15) is 17.3 Å². The summed E-state index contributed by atoms with van der Waals surface area (Å²) in [4.78, 5) is 11.8. The van der Waals surface area contributed by atoms with Gasteiger partial charge in [-0.2, -0.15) is 0 Å². The van der Waals surface area contributed by atoms with Crippen LogP contribution < -0.4 is 14.8 Å². The van der Waals surface area contributed by atoms with Gasteiger partial charge in [0.25, 0.3) is 15.9 Å². The summed E-state index contributed by atoms with van der Waals surface area (Å²) in [5, 5.41) is 2.46. The number of rotatable bonds is 7. The van der Waals surface area contributed by atoms with Crippen LogP contribution in [0.25, 0.3) is 0 Å². The molecule has 2 aromatic carbocycles. The predicted octanol–water partition coefficient (Wildman–Crippen LogP) is 2.90. The van der Waals surface area contributed by atoms with Crippen molar-refractivity contribution in [1.82, 2.24) is 5.32 Å². The number of halogens is 1.